The molecule has 67 heavy (non-hydrogen) atoms. The van der Waals surface area contributed by atoms with Gasteiger partial charge in [0.25, 0.3) is 0 Å². The predicted molar refractivity (Wildman–Crippen MR) is 255 cm³/mol. The Kier molecular flexibility index (Phi) is 26.4. The van der Waals surface area contributed by atoms with Gasteiger partial charge in [0, 0.05) is 19.6 Å². The molecule has 0 unspecified atom stereocenters. The fourth-order valence-electron chi connectivity index (χ4n) is 7.55. The normalized spacial score (nSPS) is 16.4. The molecule has 2 rings (SSSR count). The summed E-state index contributed by atoms with van der Waals surface area (Å²) in [7, 11) is 0. The number of nitrogens with one attached hydrogen (secondary N) is 5. The number of rotatable bonds is 32. The van der Waals surface area contributed by atoms with E-state index in [4.69, 9.17) is 40.1 Å². The number of hydrogen-bond donors (Lipinski definition) is 13. The summed E-state index contributed by atoms with van der Waals surface area (Å²) >= 11 is 0. The number of nitrogens with zero attached hydrogens (tertiary/aromatic N) is 3. The molecule has 1 heterocycles. The summed E-state index contributed by atoms with van der Waals surface area (Å²) in [6.07, 6.45) is 4.17. The van der Waals surface area contributed by atoms with E-state index < -0.39 is 83.7 Å². The molecule has 376 valence electrons. The highest BCUT2D eigenvalue weighted by molar-refractivity contribution is 5.97. The van der Waals surface area contributed by atoms with Gasteiger partial charge in [-0.1, -0.05) is 50.6 Å². The second kappa shape index (κ2) is 31.0. The van der Waals surface area contributed by atoms with E-state index in [2.05, 4.69) is 36.6 Å². The number of unbranched alkanes of at least 4 members (excludes halogenated alkanes) is 2. The van der Waals surface area contributed by atoms with Gasteiger partial charge in [0.15, 0.2) is 11.9 Å². The Hall–Kier alpha value is -6.07. The van der Waals surface area contributed by atoms with Crippen LogP contribution >= 0.6 is 0 Å². The molecule has 1 aliphatic rings. The molecule has 0 bridgehead atoms. The van der Waals surface area contributed by atoms with E-state index in [1.807, 2.05) is 37.3 Å². The number of guanidine groups is 2. The SMILES string of the molecule is CC[C@H](C)[C@H](NC(=O)[C@@H](N)Cc1ccccc1)C(=O)N[C@@H](CCCN=C(N)N)C(=O)N1CCC[C@H]1C(=O)N[C@@H](CCCCN)C(=O)N[C@@H](CCCN=C(N)N)C(=O)N[C@@H](CCCCN)C(=O)O. The fourth-order valence-corrected chi connectivity index (χ4v) is 7.55. The van der Waals surface area contributed by atoms with E-state index in [9.17, 15) is 38.7 Å². The van der Waals surface area contributed by atoms with Crippen molar-refractivity contribution in [1.82, 2.24) is 31.5 Å². The van der Waals surface area contributed by atoms with E-state index in [0.29, 0.717) is 51.6 Å². The molecule has 23 heteroatoms. The van der Waals surface area contributed by atoms with Crippen LogP contribution < -0.4 is 66.7 Å². The highest BCUT2D eigenvalue weighted by Crippen LogP contribution is 2.21. The smallest absolute Gasteiger partial charge is 0.326 e. The number of nitrogens with two attached hydrogens (primary N) is 7. The number of carbonyl (C=O) groups is 7. The average Bonchev–Trinajstić information content (AvgIpc) is 3.79. The molecule has 0 saturated carbocycles. The molecule has 8 atom stereocenters. The van der Waals surface area contributed by atoms with Gasteiger partial charge in [-0.15, -0.1) is 0 Å². The minimum absolute atomic E-state index is 0.0240. The van der Waals surface area contributed by atoms with Gasteiger partial charge in [-0.2, -0.15) is 0 Å². The lowest BCUT2D eigenvalue weighted by Crippen LogP contribution is -2.60. The first kappa shape index (κ1) is 57.1. The van der Waals surface area contributed by atoms with Crippen molar-refractivity contribution in [3.05, 3.63) is 35.9 Å². The van der Waals surface area contributed by atoms with E-state index in [1.54, 1.807) is 6.92 Å². The van der Waals surface area contributed by atoms with Gasteiger partial charge in [0.1, 0.15) is 36.3 Å². The molecular weight excluding hydrogens is 867 g/mol. The number of likely N-dealkylation sites (tertiary alicyclic amines) is 1. The lowest BCUT2D eigenvalue weighted by atomic mass is 9.96. The van der Waals surface area contributed by atoms with Gasteiger partial charge < -0.3 is 76.7 Å². The van der Waals surface area contributed by atoms with Crippen LogP contribution in [-0.4, -0.2) is 138 Å². The Labute approximate surface area is 393 Å². The number of carboxylic acids is 1. The Morgan fingerprint density at radius 1 is 0.687 bits per heavy atom. The second-order valence-corrected chi connectivity index (χ2v) is 16.9. The zero-order valence-corrected chi connectivity index (χ0v) is 39.1. The van der Waals surface area contributed by atoms with Crippen molar-refractivity contribution < 1.29 is 38.7 Å². The summed E-state index contributed by atoms with van der Waals surface area (Å²) in [6.45, 7) is 4.73. The molecule has 1 fully saturated rings. The molecule has 20 N–H and O–H groups in total. The number of carbonyl (C=O) groups excluding carboxylic acids is 6. The monoisotopic (exact) mass is 944 g/mol. The molecule has 6 amide bonds. The van der Waals surface area contributed by atoms with Crippen molar-refractivity contribution in [2.75, 3.05) is 32.7 Å². The van der Waals surface area contributed by atoms with Gasteiger partial charge >= 0.3 is 5.97 Å². The Morgan fingerprint density at radius 3 is 1.73 bits per heavy atom. The molecule has 0 spiro atoms. The number of amides is 6. The summed E-state index contributed by atoms with van der Waals surface area (Å²) in [6, 6.07) is 1.33. The summed E-state index contributed by atoms with van der Waals surface area (Å²) < 4.78 is 0. The standard InChI is InChI=1S/C44H77N15O8/c1-3-27(2)35(58-36(60)29(47)26-28-14-5-4-6-15-28)40(64)56-32(19-12-24-53-44(50)51)41(65)59-25-13-20-34(59)39(63)55-30(16-7-9-21-45)37(61)54-31(18-11-23-52-43(48)49)38(62)57-33(42(66)67)17-8-10-22-46/h4-6,14-15,27,29-35H,3,7-13,16-26,45-47H2,1-2H3,(H,54,61)(H,55,63)(H,56,64)(H,57,62)(H,58,60)(H,66,67)(H4,48,49,52)(H4,50,51,53)/t27-,29-,30-,31-,32-,33-,34-,35-/m0/s1. The third kappa shape index (κ3) is 21.0. The Bertz CT molecular complexity index is 1790. The maximum absolute atomic E-state index is 14.5. The van der Waals surface area contributed by atoms with Crippen LogP contribution in [0.2, 0.25) is 0 Å². The minimum atomic E-state index is -1.25. The molecule has 1 aliphatic heterocycles. The molecular formula is C44H77N15O8. The van der Waals surface area contributed by atoms with Gasteiger partial charge in [-0.3, -0.25) is 38.8 Å². The van der Waals surface area contributed by atoms with Crippen LogP contribution in [0.3, 0.4) is 0 Å². The van der Waals surface area contributed by atoms with Crippen LogP contribution in [0, 0.1) is 5.92 Å². The molecule has 1 saturated heterocycles. The largest absolute Gasteiger partial charge is 0.480 e. The summed E-state index contributed by atoms with van der Waals surface area (Å²) in [5.41, 5.74) is 40.4. The number of aliphatic imine (C=N–C) groups is 2. The Balaban J connectivity index is 2.36. The Morgan fingerprint density at radius 2 is 1.19 bits per heavy atom. The zero-order chi connectivity index (χ0) is 49.9. The van der Waals surface area contributed by atoms with Crippen molar-refractivity contribution >= 4 is 53.3 Å². The fraction of sp³-hybridized carbons (Fsp3) is 0.659. The maximum Gasteiger partial charge on any atom is 0.326 e. The lowest BCUT2D eigenvalue weighted by molar-refractivity contribution is -0.143. The van der Waals surface area contributed by atoms with Gasteiger partial charge in [-0.25, -0.2) is 4.79 Å². The quantitative estimate of drug-likeness (QED) is 0.0201. The van der Waals surface area contributed by atoms with Crippen molar-refractivity contribution in [2.24, 2.45) is 56.0 Å². The summed E-state index contributed by atoms with van der Waals surface area (Å²) in [5, 5.41) is 23.4. The number of aliphatic carboxylic acids is 1. The maximum atomic E-state index is 14.5. The molecule has 0 aromatic heterocycles. The number of carboxylic acid groups (broad SMARTS) is 1. The van der Waals surface area contributed by atoms with Crippen molar-refractivity contribution in [3.63, 3.8) is 0 Å². The molecule has 1 aromatic carbocycles. The minimum Gasteiger partial charge on any atom is -0.480 e. The molecule has 1 aromatic rings. The van der Waals surface area contributed by atoms with Gasteiger partial charge in [-0.05, 0) is 108 Å². The van der Waals surface area contributed by atoms with Crippen LogP contribution in [0.15, 0.2) is 40.3 Å². The first-order valence-electron chi connectivity index (χ1n) is 23.3. The van der Waals surface area contributed by atoms with E-state index in [-0.39, 0.29) is 88.8 Å². The second-order valence-electron chi connectivity index (χ2n) is 16.9. The molecule has 0 radical (unpaired) electrons. The number of hydrogen-bond acceptors (Lipinski definition) is 12. The van der Waals surface area contributed by atoms with Crippen LogP contribution in [-0.2, 0) is 40.0 Å². The first-order valence-corrected chi connectivity index (χ1v) is 23.3. The average molecular weight is 944 g/mol. The van der Waals surface area contributed by atoms with E-state index in [0.717, 1.165) is 5.56 Å². The van der Waals surface area contributed by atoms with Crippen molar-refractivity contribution in [3.8, 4) is 0 Å². The third-order valence-electron chi connectivity index (χ3n) is 11.5. The van der Waals surface area contributed by atoms with Crippen molar-refractivity contribution in [2.45, 2.75) is 146 Å². The predicted octanol–water partition coefficient (Wildman–Crippen LogP) is -2.53. The van der Waals surface area contributed by atoms with Gasteiger partial charge in [0.05, 0.1) is 6.04 Å². The summed E-state index contributed by atoms with van der Waals surface area (Å²) in [5.74, 6) is -5.77. The topological polar surface area (TPSA) is 410 Å². The highest BCUT2D eigenvalue weighted by Gasteiger charge is 2.40. The van der Waals surface area contributed by atoms with Crippen LogP contribution in [0.5, 0.6) is 0 Å². The van der Waals surface area contributed by atoms with Crippen LogP contribution in [0.1, 0.15) is 103 Å². The number of benzene rings is 1. The lowest BCUT2D eigenvalue weighted by Gasteiger charge is -2.32. The van der Waals surface area contributed by atoms with Gasteiger partial charge in [0.2, 0.25) is 35.4 Å². The first-order chi connectivity index (χ1) is 31.9. The summed E-state index contributed by atoms with van der Waals surface area (Å²) in [4.78, 5) is 105. The molecule has 0 aliphatic carbocycles. The van der Waals surface area contributed by atoms with Crippen molar-refractivity contribution in [1.29, 1.82) is 0 Å². The van der Waals surface area contributed by atoms with Crippen LogP contribution in [0.25, 0.3) is 0 Å². The van der Waals surface area contributed by atoms with E-state index >= 15 is 0 Å². The highest BCUT2D eigenvalue weighted by atomic mass is 16.4. The zero-order valence-electron chi connectivity index (χ0n) is 39.1. The van der Waals surface area contributed by atoms with E-state index in [1.165, 1.54) is 4.90 Å². The third-order valence-corrected chi connectivity index (χ3v) is 11.5. The molecule has 23 nitrogen and oxygen atoms in total. The van der Waals surface area contributed by atoms with Crippen LogP contribution in [0.4, 0.5) is 0 Å².